The van der Waals surface area contributed by atoms with Gasteiger partial charge in [0.1, 0.15) is 0 Å². The summed E-state index contributed by atoms with van der Waals surface area (Å²) in [5, 5.41) is 0. The molecule has 3 fully saturated rings. The molecular weight excluding hydrogens is 390 g/mol. The Balaban J connectivity index is 0.985. The first-order chi connectivity index (χ1) is 15.2. The molecule has 6 atom stereocenters. The van der Waals surface area contributed by atoms with E-state index in [4.69, 9.17) is 0 Å². The van der Waals surface area contributed by atoms with Crippen molar-refractivity contribution < 1.29 is 9.59 Å². The molecule has 0 radical (unpaired) electrons. The van der Waals surface area contributed by atoms with Crippen LogP contribution in [-0.2, 0) is 9.59 Å². The molecule has 31 heavy (non-hydrogen) atoms. The van der Waals surface area contributed by atoms with Crippen LogP contribution >= 0.6 is 0 Å². The Morgan fingerprint density at radius 1 is 0.742 bits per heavy atom. The molecule has 2 saturated heterocycles. The molecular formula is C24H29N5O2. The van der Waals surface area contributed by atoms with Crippen molar-refractivity contribution in [3.05, 3.63) is 42.8 Å². The summed E-state index contributed by atoms with van der Waals surface area (Å²) >= 11 is 0. The molecule has 2 bridgehead atoms. The van der Waals surface area contributed by atoms with Crippen LogP contribution in [0.15, 0.2) is 42.8 Å². The Labute approximate surface area is 182 Å². The second-order valence-corrected chi connectivity index (χ2v) is 9.54. The number of piperazine rings is 1. The number of anilines is 1. The van der Waals surface area contributed by atoms with Crippen LogP contribution in [0.1, 0.15) is 12.8 Å². The third-order valence-corrected chi connectivity index (χ3v) is 8.08. The first-order valence-electron chi connectivity index (χ1n) is 11.7. The Morgan fingerprint density at radius 2 is 1.29 bits per heavy atom. The Hall–Kier alpha value is -2.54. The molecule has 7 heteroatoms. The van der Waals surface area contributed by atoms with Crippen LogP contribution in [0.4, 0.5) is 5.95 Å². The summed E-state index contributed by atoms with van der Waals surface area (Å²) in [6.07, 6.45) is 14.4. The van der Waals surface area contributed by atoms with E-state index in [0.29, 0.717) is 18.4 Å². The fraction of sp³-hybridized carbons (Fsp3) is 0.583. The third-order valence-electron chi connectivity index (χ3n) is 8.08. The van der Waals surface area contributed by atoms with Gasteiger partial charge in [-0.2, -0.15) is 0 Å². The topological polar surface area (TPSA) is 69.6 Å². The van der Waals surface area contributed by atoms with Gasteiger partial charge in [0.2, 0.25) is 17.8 Å². The summed E-state index contributed by atoms with van der Waals surface area (Å²) in [4.78, 5) is 41.2. The second-order valence-electron chi connectivity index (χ2n) is 9.54. The van der Waals surface area contributed by atoms with Crippen molar-refractivity contribution in [2.24, 2.45) is 35.5 Å². The van der Waals surface area contributed by atoms with Gasteiger partial charge in [0, 0.05) is 45.1 Å². The third kappa shape index (κ3) is 3.04. The lowest BCUT2D eigenvalue weighted by Crippen LogP contribution is -2.50. The van der Waals surface area contributed by atoms with Crippen molar-refractivity contribution in [2.75, 3.05) is 44.2 Å². The number of rotatable bonds is 6. The molecule has 0 aromatic carbocycles. The molecule has 1 saturated carbocycles. The fourth-order valence-electron chi connectivity index (χ4n) is 6.40. The number of nitrogens with zero attached hydrogens (tertiary/aromatic N) is 5. The highest BCUT2D eigenvalue weighted by Gasteiger charge is 2.62. The average molecular weight is 420 g/mol. The summed E-state index contributed by atoms with van der Waals surface area (Å²) in [5.74, 6) is 2.19. The highest BCUT2D eigenvalue weighted by molar-refractivity contribution is 6.06. The molecule has 7 rings (SSSR count). The lowest BCUT2D eigenvalue weighted by molar-refractivity contribution is -0.140. The highest BCUT2D eigenvalue weighted by Crippen LogP contribution is 2.58. The summed E-state index contributed by atoms with van der Waals surface area (Å²) in [6, 6.07) is 1.84. The Morgan fingerprint density at radius 3 is 1.87 bits per heavy atom. The molecule has 7 nitrogen and oxygen atoms in total. The van der Waals surface area contributed by atoms with Crippen molar-refractivity contribution in [2.45, 2.75) is 12.8 Å². The van der Waals surface area contributed by atoms with E-state index >= 15 is 0 Å². The van der Waals surface area contributed by atoms with Crippen molar-refractivity contribution >= 4 is 17.8 Å². The van der Waals surface area contributed by atoms with Gasteiger partial charge in [0.25, 0.3) is 0 Å². The van der Waals surface area contributed by atoms with E-state index in [1.54, 1.807) is 17.3 Å². The summed E-state index contributed by atoms with van der Waals surface area (Å²) in [7, 11) is 0. The minimum atomic E-state index is -0.109. The molecule has 162 valence electrons. The van der Waals surface area contributed by atoms with Gasteiger partial charge >= 0.3 is 0 Å². The average Bonchev–Trinajstić information content (AvgIpc) is 3.04. The maximum atomic E-state index is 13.1. The molecule has 4 aliphatic carbocycles. The van der Waals surface area contributed by atoms with Gasteiger partial charge < -0.3 is 4.90 Å². The van der Waals surface area contributed by atoms with E-state index in [9.17, 15) is 9.59 Å². The van der Waals surface area contributed by atoms with E-state index in [1.807, 2.05) is 6.07 Å². The second kappa shape index (κ2) is 7.55. The van der Waals surface area contributed by atoms with Crippen LogP contribution in [0, 0.1) is 35.5 Å². The number of hydrogen-bond acceptors (Lipinski definition) is 6. The van der Waals surface area contributed by atoms with Gasteiger partial charge in [0.05, 0.1) is 11.8 Å². The molecule has 6 aliphatic rings. The summed E-state index contributed by atoms with van der Waals surface area (Å²) in [6.45, 7) is 5.44. The molecule has 0 spiro atoms. The number of carbonyl (C=O) groups excluding carboxylic acids is 2. The van der Waals surface area contributed by atoms with Crippen LogP contribution in [0.5, 0.6) is 0 Å². The molecule has 1 aromatic heterocycles. The molecule has 2 amide bonds. The number of imide groups is 1. The highest BCUT2D eigenvalue weighted by atomic mass is 16.2. The van der Waals surface area contributed by atoms with Crippen LogP contribution in [0.2, 0.25) is 0 Å². The predicted octanol–water partition coefficient (Wildman–Crippen LogP) is 1.60. The molecule has 3 heterocycles. The molecule has 1 aromatic rings. The maximum absolute atomic E-state index is 13.1. The van der Waals surface area contributed by atoms with Crippen LogP contribution in [0.3, 0.4) is 0 Å². The summed E-state index contributed by atoms with van der Waals surface area (Å²) in [5.41, 5.74) is 0. The quantitative estimate of drug-likeness (QED) is 0.396. The van der Waals surface area contributed by atoms with Gasteiger partial charge in [-0.15, -0.1) is 0 Å². The molecule has 0 N–H and O–H groups in total. The van der Waals surface area contributed by atoms with Gasteiger partial charge in [-0.25, -0.2) is 9.97 Å². The number of amides is 2. The lowest BCUT2D eigenvalue weighted by atomic mass is 9.50. The zero-order chi connectivity index (χ0) is 20.9. The van der Waals surface area contributed by atoms with Crippen LogP contribution < -0.4 is 4.90 Å². The lowest BCUT2D eigenvalue weighted by Gasteiger charge is -2.51. The normalized spacial score (nSPS) is 36.0. The van der Waals surface area contributed by atoms with E-state index in [-0.39, 0.29) is 35.5 Å². The van der Waals surface area contributed by atoms with E-state index in [0.717, 1.165) is 51.5 Å². The standard InChI is InChI=1S/C24H29N5O2/c30-22-20-18-6-7-19(17-5-4-16(17)18)21(20)23(31)29(22)11-2-1-10-27-12-14-28(15-13-27)24-25-8-3-9-26-24/h3-9,16-21H,1-2,10-15H2/t16-,17+,18-,19?,20+,21-/m1/s1. The zero-order valence-electron chi connectivity index (χ0n) is 17.7. The molecule has 2 aliphatic heterocycles. The van der Waals surface area contributed by atoms with Gasteiger partial charge in [-0.3, -0.25) is 19.4 Å². The number of carbonyl (C=O) groups is 2. The summed E-state index contributed by atoms with van der Waals surface area (Å²) < 4.78 is 0. The van der Waals surface area contributed by atoms with Crippen molar-refractivity contribution in [3.8, 4) is 0 Å². The SMILES string of the molecule is O=C1[C@H]2[C@@H]3C=CC([C@H]4C=C[C@@H]34)[C@H]2C(=O)N1CCCCN1CCN(c2ncccn2)CC1. The smallest absolute Gasteiger partial charge is 0.233 e. The van der Waals surface area contributed by atoms with Gasteiger partial charge in [0.15, 0.2) is 0 Å². The van der Waals surface area contributed by atoms with Gasteiger partial charge in [-0.1, -0.05) is 24.3 Å². The number of allylic oxidation sites excluding steroid dienone is 4. The Bertz CT molecular complexity index is 883. The van der Waals surface area contributed by atoms with Crippen LogP contribution in [-0.4, -0.2) is 70.9 Å². The number of hydrogen-bond donors (Lipinski definition) is 0. The van der Waals surface area contributed by atoms with E-state index < -0.39 is 0 Å². The van der Waals surface area contributed by atoms with Crippen molar-refractivity contribution in [1.82, 2.24) is 19.8 Å². The van der Waals surface area contributed by atoms with Gasteiger partial charge in [-0.05, 0) is 49.1 Å². The molecule has 1 unspecified atom stereocenters. The van der Waals surface area contributed by atoms with Crippen LogP contribution in [0.25, 0.3) is 0 Å². The van der Waals surface area contributed by atoms with Crippen molar-refractivity contribution in [1.29, 1.82) is 0 Å². The maximum Gasteiger partial charge on any atom is 0.233 e. The zero-order valence-corrected chi connectivity index (χ0v) is 17.7. The minimum absolute atomic E-state index is 0.0876. The predicted molar refractivity (Wildman–Crippen MR) is 116 cm³/mol. The largest absolute Gasteiger partial charge is 0.338 e. The minimum Gasteiger partial charge on any atom is -0.338 e. The van der Waals surface area contributed by atoms with E-state index in [1.165, 1.54) is 0 Å². The number of likely N-dealkylation sites (tertiary alicyclic amines) is 1. The number of aromatic nitrogens is 2. The number of unbranched alkanes of at least 4 members (excludes halogenated alkanes) is 1. The first-order valence-corrected chi connectivity index (χ1v) is 11.7. The first kappa shape index (κ1) is 19.2. The van der Waals surface area contributed by atoms with E-state index in [2.05, 4.69) is 44.1 Å². The fourth-order valence-corrected chi connectivity index (χ4v) is 6.40. The monoisotopic (exact) mass is 419 g/mol. The van der Waals surface area contributed by atoms with Crippen molar-refractivity contribution in [3.63, 3.8) is 0 Å². The Kier molecular flexibility index (Phi) is 4.67.